The van der Waals surface area contributed by atoms with E-state index in [4.69, 9.17) is 0 Å². The number of hydrogen-bond acceptors (Lipinski definition) is 5. The molecule has 134 valence electrons. The molecule has 0 radical (unpaired) electrons. The maximum atomic E-state index is 12.6. The molecule has 3 heterocycles. The van der Waals surface area contributed by atoms with E-state index < -0.39 is 10.0 Å². The molecule has 0 bridgehead atoms. The highest BCUT2D eigenvalue weighted by Gasteiger charge is 2.30. The molecular weight excluding hydrogens is 346 g/mol. The molecule has 2 aliphatic rings. The van der Waals surface area contributed by atoms with Crippen molar-refractivity contribution in [2.45, 2.75) is 30.4 Å². The highest BCUT2D eigenvalue weighted by molar-refractivity contribution is 7.91. The summed E-state index contributed by atoms with van der Waals surface area (Å²) in [4.78, 5) is 17.3. The predicted molar refractivity (Wildman–Crippen MR) is 94.7 cm³/mol. The molecule has 3 rings (SSSR count). The number of nitrogens with zero attached hydrogens (tertiary/aromatic N) is 3. The summed E-state index contributed by atoms with van der Waals surface area (Å²) in [5.74, 6) is 0.180. The molecule has 0 saturated carbocycles. The van der Waals surface area contributed by atoms with E-state index in [9.17, 15) is 13.2 Å². The van der Waals surface area contributed by atoms with Crippen LogP contribution in [0.1, 0.15) is 24.1 Å². The van der Waals surface area contributed by atoms with Crippen molar-refractivity contribution < 1.29 is 13.2 Å². The fourth-order valence-corrected chi connectivity index (χ4v) is 6.10. The molecule has 24 heavy (non-hydrogen) atoms. The van der Waals surface area contributed by atoms with Crippen LogP contribution in [0.2, 0.25) is 0 Å². The number of aryl methyl sites for hydroxylation is 1. The molecule has 1 aromatic rings. The van der Waals surface area contributed by atoms with Crippen LogP contribution in [0.5, 0.6) is 0 Å². The van der Waals surface area contributed by atoms with Gasteiger partial charge < -0.3 is 4.90 Å². The van der Waals surface area contributed by atoms with Crippen LogP contribution in [0, 0.1) is 6.92 Å². The molecule has 1 amide bonds. The van der Waals surface area contributed by atoms with Crippen LogP contribution >= 0.6 is 11.3 Å². The van der Waals surface area contributed by atoms with Crippen LogP contribution < -0.4 is 0 Å². The highest BCUT2D eigenvalue weighted by atomic mass is 32.2. The maximum Gasteiger partial charge on any atom is 0.252 e. The number of amides is 1. The summed E-state index contributed by atoms with van der Waals surface area (Å²) in [5, 5.41) is 0. The Morgan fingerprint density at radius 3 is 2.29 bits per heavy atom. The SMILES string of the molecule is Cc1ccc(S(=O)(=O)N2CCN(CC(=O)N3CCCCC3)CC2)s1. The van der Waals surface area contributed by atoms with Crippen molar-refractivity contribution in [3.8, 4) is 0 Å². The molecule has 2 aliphatic heterocycles. The molecule has 0 atom stereocenters. The van der Waals surface area contributed by atoms with Crippen molar-refractivity contribution in [3.05, 3.63) is 17.0 Å². The molecule has 6 nitrogen and oxygen atoms in total. The van der Waals surface area contributed by atoms with Gasteiger partial charge in [-0.15, -0.1) is 11.3 Å². The molecular formula is C16H25N3O3S2. The molecule has 2 saturated heterocycles. The number of piperazine rings is 1. The molecule has 8 heteroatoms. The highest BCUT2D eigenvalue weighted by Crippen LogP contribution is 2.25. The summed E-state index contributed by atoms with van der Waals surface area (Å²) >= 11 is 1.31. The van der Waals surface area contributed by atoms with Crippen molar-refractivity contribution >= 4 is 27.3 Å². The summed E-state index contributed by atoms with van der Waals surface area (Å²) in [7, 11) is -3.38. The Morgan fingerprint density at radius 2 is 1.71 bits per heavy atom. The lowest BCUT2D eigenvalue weighted by Gasteiger charge is -2.35. The standard InChI is InChI=1S/C16H25N3O3S2/c1-14-5-6-16(23-14)24(21,22)19-11-9-17(10-12-19)13-15(20)18-7-3-2-4-8-18/h5-6H,2-4,7-13H2,1H3. The first kappa shape index (κ1) is 17.8. The number of carbonyl (C=O) groups is 1. The minimum atomic E-state index is -3.38. The van der Waals surface area contributed by atoms with Gasteiger partial charge in [0.15, 0.2) is 0 Å². The van der Waals surface area contributed by atoms with E-state index in [1.165, 1.54) is 17.8 Å². The lowest BCUT2D eigenvalue weighted by atomic mass is 10.1. The maximum absolute atomic E-state index is 12.6. The third kappa shape index (κ3) is 3.99. The first-order valence-electron chi connectivity index (χ1n) is 8.53. The summed E-state index contributed by atoms with van der Waals surface area (Å²) < 4.78 is 27.2. The summed E-state index contributed by atoms with van der Waals surface area (Å²) in [6, 6.07) is 3.52. The second kappa shape index (κ2) is 7.51. The normalized spacial score (nSPS) is 21.1. The monoisotopic (exact) mass is 371 g/mol. The van der Waals surface area contributed by atoms with Gasteiger partial charge in [0.2, 0.25) is 5.91 Å². The van der Waals surface area contributed by atoms with Crippen molar-refractivity contribution in [3.63, 3.8) is 0 Å². The lowest BCUT2D eigenvalue weighted by Crippen LogP contribution is -2.51. The van der Waals surface area contributed by atoms with Crippen LogP contribution in [-0.2, 0) is 14.8 Å². The number of thiophene rings is 1. The van der Waals surface area contributed by atoms with Gasteiger partial charge in [-0.1, -0.05) is 0 Å². The lowest BCUT2D eigenvalue weighted by molar-refractivity contribution is -0.133. The Hall–Kier alpha value is -0.960. The van der Waals surface area contributed by atoms with Crippen molar-refractivity contribution in [2.24, 2.45) is 0 Å². The van der Waals surface area contributed by atoms with E-state index in [2.05, 4.69) is 4.90 Å². The van der Waals surface area contributed by atoms with Gasteiger partial charge in [-0.3, -0.25) is 9.69 Å². The number of likely N-dealkylation sites (tertiary alicyclic amines) is 1. The molecule has 0 aromatic carbocycles. The zero-order chi connectivity index (χ0) is 17.2. The molecule has 1 aromatic heterocycles. The van der Waals surface area contributed by atoms with Gasteiger partial charge in [0, 0.05) is 44.1 Å². The largest absolute Gasteiger partial charge is 0.342 e. The number of hydrogen-bond donors (Lipinski definition) is 0. The number of rotatable bonds is 4. The first-order valence-corrected chi connectivity index (χ1v) is 10.8. The van der Waals surface area contributed by atoms with Crippen LogP contribution in [0.15, 0.2) is 16.3 Å². The zero-order valence-electron chi connectivity index (χ0n) is 14.1. The van der Waals surface area contributed by atoms with Crippen LogP contribution in [-0.4, -0.2) is 74.2 Å². The first-order chi connectivity index (χ1) is 11.5. The van der Waals surface area contributed by atoms with Gasteiger partial charge in [0.1, 0.15) is 4.21 Å². The Bertz CT molecular complexity index is 672. The quantitative estimate of drug-likeness (QED) is 0.802. The molecule has 0 spiro atoms. The van der Waals surface area contributed by atoms with Gasteiger partial charge in [0.25, 0.3) is 10.0 Å². The fourth-order valence-electron chi connectivity index (χ4n) is 3.24. The van der Waals surface area contributed by atoms with E-state index in [1.807, 2.05) is 17.9 Å². The van der Waals surface area contributed by atoms with Crippen LogP contribution in [0.25, 0.3) is 0 Å². The minimum Gasteiger partial charge on any atom is -0.342 e. The van der Waals surface area contributed by atoms with E-state index in [0.29, 0.717) is 36.9 Å². The number of piperidine rings is 1. The molecule has 0 unspecified atom stereocenters. The number of sulfonamides is 1. The van der Waals surface area contributed by atoms with E-state index >= 15 is 0 Å². The van der Waals surface area contributed by atoms with E-state index in [0.717, 1.165) is 30.8 Å². The van der Waals surface area contributed by atoms with Gasteiger partial charge in [-0.2, -0.15) is 4.31 Å². The van der Waals surface area contributed by atoms with Crippen molar-refractivity contribution in [2.75, 3.05) is 45.8 Å². The number of carbonyl (C=O) groups excluding carboxylic acids is 1. The Morgan fingerprint density at radius 1 is 1.04 bits per heavy atom. The zero-order valence-corrected chi connectivity index (χ0v) is 15.7. The summed E-state index contributed by atoms with van der Waals surface area (Å²) in [5.41, 5.74) is 0. The van der Waals surface area contributed by atoms with Gasteiger partial charge in [0.05, 0.1) is 6.54 Å². The average molecular weight is 372 g/mol. The third-order valence-electron chi connectivity index (χ3n) is 4.71. The van der Waals surface area contributed by atoms with Gasteiger partial charge >= 0.3 is 0 Å². The van der Waals surface area contributed by atoms with E-state index in [-0.39, 0.29) is 5.91 Å². The van der Waals surface area contributed by atoms with Gasteiger partial charge in [-0.25, -0.2) is 8.42 Å². The molecule has 2 fully saturated rings. The molecule has 0 N–H and O–H groups in total. The second-order valence-corrected chi connectivity index (χ2v) is 9.94. The van der Waals surface area contributed by atoms with Crippen LogP contribution in [0.3, 0.4) is 0 Å². The second-order valence-electron chi connectivity index (χ2n) is 6.49. The Balaban J connectivity index is 1.53. The third-order valence-corrected chi connectivity index (χ3v) is 8.08. The van der Waals surface area contributed by atoms with Crippen molar-refractivity contribution in [1.29, 1.82) is 0 Å². The summed E-state index contributed by atoms with van der Waals surface area (Å²) in [6.45, 7) is 6.18. The Labute approximate surface area is 148 Å². The van der Waals surface area contributed by atoms with Gasteiger partial charge in [-0.05, 0) is 38.3 Å². The Kier molecular flexibility index (Phi) is 5.59. The van der Waals surface area contributed by atoms with Crippen molar-refractivity contribution in [1.82, 2.24) is 14.1 Å². The molecule has 0 aliphatic carbocycles. The van der Waals surface area contributed by atoms with E-state index in [1.54, 1.807) is 10.4 Å². The topological polar surface area (TPSA) is 60.9 Å². The average Bonchev–Trinajstić information content (AvgIpc) is 3.03. The minimum absolute atomic E-state index is 0.180. The van der Waals surface area contributed by atoms with Crippen LogP contribution in [0.4, 0.5) is 0 Å². The predicted octanol–water partition coefficient (Wildman–Crippen LogP) is 1.38. The summed E-state index contributed by atoms with van der Waals surface area (Å²) in [6.07, 6.45) is 3.40. The smallest absolute Gasteiger partial charge is 0.252 e. The fraction of sp³-hybridized carbons (Fsp3) is 0.688.